The Morgan fingerprint density at radius 3 is 2.82 bits per heavy atom. The fourth-order valence-corrected chi connectivity index (χ4v) is 1.70. The summed E-state index contributed by atoms with van der Waals surface area (Å²) in [6.07, 6.45) is 4.46. The summed E-state index contributed by atoms with van der Waals surface area (Å²) in [6.45, 7) is 0.288. The average Bonchev–Trinajstić information content (AvgIpc) is 2.24. The van der Waals surface area contributed by atoms with Crippen LogP contribution in [0.3, 0.4) is 0 Å². The van der Waals surface area contributed by atoms with E-state index in [-0.39, 0.29) is 23.9 Å². The van der Waals surface area contributed by atoms with Crippen LogP contribution in [0.5, 0.6) is 0 Å². The highest BCUT2D eigenvalue weighted by Crippen LogP contribution is 2.26. The molecule has 1 aromatic heterocycles. The molecule has 1 aromatic rings. The van der Waals surface area contributed by atoms with Gasteiger partial charge in [-0.25, -0.2) is 4.79 Å². The van der Waals surface area contributed by atoms with Crippen LogP contribution in [-0.4, -0.2) is 22.0 Å². The van der Waals surface area contributed by atoms with E-state index >= 15 is 0 Å². The summed E-state index contributed by atoms with van der Waals surface area (Å²) >= 11 is 0. The number of carboxylic acid groups (broad SMARTS) is 1. The lowest BCUT2D eigenvalue weighted by Crippen LogP contribution is -2.34. The van der Waals surface area contributed by atoms with E-state index in [0.717, 1.165) is 19.3 Å². The van der Waals surface area contributed by atoms with E-state index in [0.29, 0.717) is 5.69 Å². The van der Waals surface area contributed by atoms with Crippen LogP contribution in [0.2, 0.25) is 0 Å². The smallest absolute Gasteiger partial charge is 0.335 e. The molecule has 1 aliphatic carbocycles. The van der Waals surface area contributed by atoms with Crippen LogP contribution in [0.25, 0.3) is 0 Å². The monoisotopic (exact) mass is 234 g/mol. The van der Waals surface area contributed by atoms with Gasteiger partial charge < -0.3 is 10.4 Å². The third-order valence-corrected chi connectivity index (χ3v) is 2.98. The van der Waals surface area contributed by atoms with Crippen molar-refractivity contribution < 1.29 is 14.7 Å². The van der Waals surface area contributed by atoms with Crippen molar-refractivity contribution in [3.63, 3.8) is 0 Å². The highest BCUT2D eigenvalue weighted by Gasteiger charge is 2.24. The van der Waals surface area contributed by atoms with Gasteiger partial charge in [0, 0.05) is 12.1 Å². The number of aromatic carboxylic acids is 1. The first kappa shape index (κ1) is 11.6. The van der Waals surface area contributed by atoms with Gasteiger partial charge in [-0.1, -0.05) is 6.42 Å². The molecule has 90 valence electrons. The maximum Gasteiger partial charge on any atom is 0.335 e. The number of rotatable bonds is 4. The van der Waals surface area contributed by atoms with E-state index in [1.54, 1.807) is 0 Å². The van der Waals surface area contributed by atoms with Gasteiger partial charge in [-0.15, -0.1) is 0 Å². The molecule has 0 unspecified atom stereocenters. The zero-order chi connectivity index (χ0) is 12.3. The van der Waals surface area contributed by atoms with Crippen LogP contribution in [-0.2, 0) is 11.3 Å². The number of pyridine rings is 1. The van der Waals surface area contributed by atoms with Gasteiger partial charge in [-0.2, -0.15) is 0 Å². The molecule has 1 saturated carbocycles. The number of carboxylic acids is 1. The van der Waals surface area contributed by atoms with Crippen molar-refractivity contribution >= 4 is 11.9 Å². The molecular formula is C12H14N2O3. The second-order valence-electron chi connectivity index (χ2n) is 4.19. The van der Waals surface area contributed by atoms with Gasteiger partial charge >= 0.3 is 5.97 Å². The molecule has 0 bridgehead atoms. The van der Waals surface area contributed by atoms with E-state index in [1.807, 2.05) is 0 Å². The number of nitrogens with zero attached hydrogens (tertiary/aromatic N) is 1. The van der Waals surface area contributed by atoms with Gasteiger partial charge in [0.1, 0.15) is 0 Å². The van der Waals surface area contributed by atoms with Crippen molar-refractivity contribution in [1.82, 2.24) is 10.3 Å². The SMILES string of the molecule is O=C(O)c1ccnc(CNC(=O)C2CCC2)c1. The predicted octanol–water partition coefficient (Wildman–Crippen LogP) is 1.20. The Morgan fingerprint density at radius 2 is 2.24 bits per heavy atom. The molecule has 1 amide bonds. The summed E-state index contributed by atoms with van der Waals surface area (Å²) in [4.78, 5) is 26.3. The fraction of sp³-hybridized carbons (Fsp3) is 0.417. The van der Waals surface area contributed by atoms with Crippen LogP contribution in [0, 0.1) is 5.92 Å². The summed E-state index contributed by atoms with van der Waals surface area (Å²) in [6, 6.07) is 2.91. The van der Waals surface area contributed by atoms with Crippen molar-refractivity contribution in [3.05, 3.63) is 29.6 Å². The number of hydrogen-bond acceptors (Lipinski definition) is 3. The molecule has 1 heterocycles. The highest BCUT2D eigenvalue weighted by atomic mass is 16.4. The van der Waals surface area contributed by atoms with Crippen LogP contribution in [0.1, 0.15) is 35.3 Å². The van der Waals surface area contributed by atoms with Gasteiger partial charge in [0.05, 0.1) is 17.8 Å². The van der Waals surface area contributed by atoms with Crippen LogP contribution < -0.4 is 5.32 Å². The number of hydrogen-bond donors (Lipinski definition) is 2. The first-order valence-corrected chi connectivity index (χ1v) is 5.63. The van der Waals surface area contributed by atoms with E-state index in [1.165, 1.54) is 18.3 Å². The minimum absolute atomic E-state index is 0.0405. The van der Waals surface area contributed by atoms with Gasteiger partial charge in [-0.3, -0.25) is 9.78 Å². The standard InChI is InChI=1S/C12H14N2O3/c15-11(8-2-1-3-8)14-7-10-6-9(12(16)17)4-5-13-10/h4-6,8H,1-3,7H2,(H,14,15)(H,16,17). The predicted molar refractivity (Wildman–Crippen MR) is 60.4 cm³/mol. The Labute approximate surface area is 98.9 Å². The Hall–Kier alpha value is -1.91. The Bertz CT molecular complexity index is 441. The minimum Gasteiger partial charge on any atom is -0.478 e. The molecule has 5 heteroatoms. The Morgan fingerprint density at radius 1 is 1.47 bits per heavy atom. The average molecular weight is 234 g/mol. The molecule has 0 aromatic carbocycles. The number of amides is 1. The fourth-order valence-electron chi connectivity index (χ4n) is 1.70. The quantitative estimate of drug-likeness (QED) is 0.820. The first-order valence-electron chi connectivity index (χ1n) is 5.63. The molecule has 5 nitrogen and oxygen atoms in total. The number of carbonyl (C=O) groups is 2. The second-order valence-corrected chi connectivity index (χ2v) is 4.19. The zero-order valence-corrected chi connectivity index (χ0v) is 9.35. The molecule has 0 radical (unpaired) electrons. The zero-order valence-electron chi connectivity index (χ0n) is 9.35. The first-order chi connectivity index (χ1) is 8.16. The topological polar surface area (TPSA) is 79.3 Å². The molecule has 0 spiro atoms. The molecule has 1 fully saturated rings. The number of aromatic nitrogens is 1. The van der Waals surface area contributed by atoms with Gasteiger partial charge in [0.15, 0.2) is 0 Å². The summed E-state index contributed by atoms with van der Waals surface area (Å²) in [5, 5.41) is 11.6. The summed E-state index contributed by atoms with van der Waals surface area (Å²) in [7, 11) is 0. The third-order valence-electron chi connectivity index (χ3n) is 2.98. The lowest BCUT2D eigenvalue weighted by molar-refractivity contribution is -0.127. The van der Waals surface area contributed by atoms with E-state index < -0.39 is 5.97 Å². The molecule has 17 heavy (non-hydrogen) atoms. The van der Waals surface area contributed by atoms with E-state index in [9.17, 15) is 9.59 Å². The number of carbonyl (C=O) groups excluding carboxylic acids is 1. The molecule has 2 N–H and O–H groups in total. The minimum atomic E-state index is -0.987. The Kier molecular flexibility index (Phi) is 3.37. The van der Waals surface area contributed by atoms with Crippen molar-refractivity contribution in [1.29, 1.82) is 0 Å². The molecule has 1 aliphatic rings. The maximum absolute atomic E-state index is 11.6. The van der Waals surface area contributed by atoms with E-state index in [4.69, 9.17) is 5.11 Å². The van der Waals surface area contributed by atoms with Crippen LogP contribution >= 0.6 is 0 Å². The molecule has 0 aliphatic heterocycles. The van der Waals surface area contributed by atoms with Crippen LogP contribution in [0.4, 0.5) is 0 Å². The number of nitrogens with one attached hydrogen (secondary N) is 1. The highest BCUT2D eigenvalue weighted by molar-refractivity contribution is 5.87. The third kappa shape index (κ3) is 2.81. The van der Waals surface area contributed by atoms with Crippen LogP contribution in [0.15, 0.2) is 18.3 Å². The van der Waals surface area contributed by atoms with Gasteiger partial charge in [0.2, 0.25) is 5.91 Å². The van der Waals surface area contributed by atoms with E-state index in [2.05, 4.69) is 10.3 Å². The lowest BCUT2D eigenvalue weighted by Gasteiger charge is -2.23. The van der Waals surface area contributed by atoms with Crippen molar-refractivity contribution in [2.75, 3.05) is 0 Å². The van der Waals surface area contributed by atoms with Crippen molar-refractivity contribution in [2.45, 2.75) is 25.8 Å². The Balaban J connectivity index is 1.91. The molecule has 2 rings (SSSR count). The molecular weight excluding hydrogens is 220 g/mol. The van der Waals surface area contributed by atoms with Crippen molar-refractivity contribution in [2.24, 2.45) is 5.92 Å². The largest absolute Gasteiger partial charge is 0.478 e. The molecule has 0 atom stereocenters. The van der Waals surface area contributed by atoms with Crippen molar-refractivity contribution in [3.8, 4) is 0 Å². The summed E-state index contributed by atoms with van der Waals surface area (Å²) < 4.78 is 0. The molecule has 0 saturated heterocycles. The maximum atomic E-state index is 11.6. The normalized spacial score (nSPS) is 15.1. The van der Waals surface area contributed by atoms with Gasteiger partial charge in [0.25, 0.3) is 0 Å². The lowest BCUT2D eigenvalue weighted by atomic mass is 9.85. The summed E-state index contributed by atoms with van der Waals surface area (Å²) in [5.41, 5.74) is 0.755. The second kappa shape index (κ2) is 4.95. The van der Waals surface area contributed by atoms with Gasteiger partial charge in [-0.05, 0) is 25.0 Å². The summed E-state index contributed by atoms with van der Waals surface area (Å²) in [5.74, 6) is -0.810.